The number of halogens is 1. The van der Waals surface area contributed by atoms with Gasteiger partial charge in [-0.2, -0.15) is 5.26 Å². The normalized spacial score (nSPS) is 10.0. The molecule has 1 aromatic carbocycles. The minimum atomic E-state index is 0.371. The van der Waals surface area contributed by atoms with Crippen molar-refractivity contribution in [3.05, 3.63) is 30.1 Å². The average Bonchev–Trinajstić information content (AvgIpc) is 2.44. The van der Waals surface area contributed by atoms with E-state index in [1.54, 1.807) is 3.59 Å². The molecule has 2 aromatic rings. The molecule has 0 aliphatic carbocycles. The molecule has 0 bridgehead atoms. The Kier molecular flexibility index (Phi) is 1.59. The van der Waals surface area contributed by atoms with Gasteiger partial charge in [-0.05, 0) is 12.1 Å². The van der Waals surface area contributed by atoms with Gasteiger partial charge in [0.15, 0.2) is 0 Å². The van der Waals surface area contributed by atoms with E-state index in [4.69, 9.17) is 5.26 Å². The molecule has 2 rings (SSSR count). The average molecular weight is 222 g/mol. The number of para-hydroxylation sites is 2. The van der Waals surface area contributed by atoms with E-state index in [-0.39, 0.29) is 0 Å². The van der Waals surface area contributed by atoms with Crippen LogP contribution < -0.4 is 0 Å². The highest BCUT2D eigenvalue weighted by atomic mass is 79.9. The summed E-state index contributed by atoms with van der Waals surface area (Å²) in [5.41, 5.74) is 1.74. The monoisotopic (exact) mass is 221 g/mol. The van der Waals surface area contributed by atoms with Crippen molar-refractivity contribution >= 4 is 27.2 Å². The minimum absolute atomic E-state index is 0.371. The summed E-state index contributed by atoms with van der Waals surface area (Å²) in [6, 6.07) is 9.56. The van der Waals surface area contributed by atoms with Crippen LogP contribution in [0.4, 0.5) is 0 Å². The molecule has 0 aliphatic heterocycles. The summed E-state index contributed by atoms with van der Waals surface area (Å²) in [4.78, 5) is 4.09. The minimum Gasteiger partial charge on any atom is -0.249 e. The zero-order chi connectivity index (χ0) is 8.55. The molecular weight excluding hydrogens is 218 g/mol. The molecule has 0 amide bonds. The van der Waals surface area contributed by atoms with Crippen LogP contribution in [-0.2, 0) is 0 Å². The standard InChI is InChI=1S/C8H4BrN3/c9-12-7-4-2-1-3-6(7)11-8(12)5-10/h1-4H. The van der Waals surface area contributed by atoms with Crippen LogP contribution in [0.2, 0.25) is 0 Å². The van der Waals surface area contributed by atoms with Crippen LogP contribution >= 0.6 is 16.1 Å². The maximum Gasteiger partial charge on any atom is 0.224 e. The third kappa shape index (κ3) is 0.908. The lowest BCUT2D eigenvalue weighted by Crippen LogP contribution is -1.82. The Hall–Kier alpha value is -1.34. The first kappa shape index (κ1) is 7.32. The number of nitrogens with zero attached hydrogens (tertiary/aromatic N) is 3. The number of rotatable bonds is 0. The van der Waals surface area contributed by atoms with E-state index in [1.165, 1.54) is 0 Å². The van der Waals surface area contributed by atoms with Gasteiger partial charge in [-0.3, -0.25) is 0 Å². The molecule has 58 valence electrons. The molecule has 0 aliphatic rings. The first-order chi connectivity index (χ1) is 5.83. The number of hydrogen-bond acceptors (Lipinski definition) is 2. The molecule has 1 heterocycles. The molecule has 0 spiro atoms. The second kappa shape index (κ2) is 2.61. The SMILES string of the molecule is N#Cc1nc2ccccc2n1Br. The first-order valence-corrected chi connectivity index (χ1v) is 4.07. The second-order valence-electron chi connectivity index (χ2n) is 2.32. The molecule has 0 radical (unpaired) electrons. The van der Waals surface area contributed by atoms with Gasteiger partial charge in [-0.15, -0.1) is 0 Å². The molecular formula is C8H4BrN3. The zero-order valence-corrected chi connectivity index (χ0v) is 7.62. The van der Waals surface area contributed by atoms with Crippen LogP contribution in [-0.4, -0.2) is 8.58 Å². The van der Waals surface area contributed by atoms with Crippen LogP contribution in [0.3, 0.4) is 0 Å². The molecule has 12 heavy (non-hydrogen) atoms. The van der Waals surface area contributed by atoms with E-state index < -0.39 is 0 Å². The third-order valence-corrected chi connectivity index (χ3v) is 2.32. The van der Waals surface area contributed by atoms with E-state index in [0.717, 1.165) is 11.0 Å². The maximum absolute atomic E-state index is 8.66. The maximum atomic E-state index is 8.66. The lowest BCUT2D eigenvalue weighted by atomic mass is 10.3. The number of fused-ring (bicyclic) bond motifs is 1. The van der Waals surface area contributed by atoms with E-state index in [1.807, 2.05) is 30.3 Å². The third-order valence-electron chi connectivity index (χ3n) is 1.61. The molecule has 3 nitrogen and oxygen atoms in total. The predicted molar refractivity (Wildman–Crippen MR) is 48.8 cm³/mol. The van der Waals surface area contributed by atoms with Crippen LogP contribution in [0.1, 0.15) is 5.82 Å². The zero-order valence-electron chi connectivity index (χ0n) is 6.03. The van der Waals surface area contributed by atoms with Crippen molar-refractivity contribution in [1.29, 1.82) is 5.26 Å². The van der Waals surface area contributed by atoms with Crippen molar-refractivity contribution < 1.29 is 0 Å². The molecule has 0 atom stereocenters. The van der Waals surface area contributed by atoms with Crippen molar-refractivity contribution in [1.82, 2.24) is 8.58 Å². The summed E-state index contributed by atoms with van der Waals surface area (Å²) in [6.45, 7) is 0. The van der Waals surface area contributed by atoms with Crippen molar-refractivity contribution in [3.8, 4) is 6.07 Å². The fraction of sp³-hybridized carbons (Fsp3) is 0. The summed E-state index contributed by atoms with van der Waals surface area (Å²) in [6.07, 6.45) is 0. The van der Waals surface area contributed by atoms with Crippen LogP contribution in [0, 0.1) is 11.3 Å². The van der Waals surface area contributed by atoms with Gasteiger partial charge in [0.05, 0.1) is 27.2 Å². The predicted octanol–water partition coefficient (Wildman–Crippen LogP) is 2.07. The topological polar surface area (TPSA) is 41.6 Å². The van der Waals surface area contributed by atoms with Crippen LogP contribution in [0.15, 0.2) is 24.3 Å². The number of aromatic nitrogens is 2. The van der Waals surface area contributed by atoms with Gasteiger partial charge in [0.2, 0.25) is 5.82 Å². The number of nitriles is 1. The summed E-state index contributed by atoms with van der Waals surface area (Å²) >= 11 is 3.24. The molecule has 4 heteroatoms. The van der Waals surface area contributed by atoms with E-state index in [2.05, 4.69) is 21.1 Å². The Balaban J connectivity index is 2.90. The largest absolute Gasteiger partial charge is 0.249 e. The summed E-state index contributed by atoms with van der Waals surface area (Å²) in [5.74, 6) is 0.371. The Morgan fingerprint density at radius 1 is 1.42 bits per heavy atom. The number of benzene rings is 1. The molecule has 0 saturated heterocycles. The van der Waals surface area contributed by atoms with Gasteiger partial charge >= 0.3 is 0 Å². The molecule has 0 saturated carbocycles. The highest BCUT2D eigenvalue weighted by Crippen LogP contribution is 2.16. The van der Waals surface area contributed by atoms with Crippen molar-refractivity contribution in [3.63, 3.8) is 0 Å². The van der Waals surface area contributed by atoms with Gasteiger partial charge in [0, 0.05) is 0 Å². The van der Waals surface area contributed by atoms with Crippen molar-refractivity contribution in [2.45, 2.75) is 0 Å². The lowest BCUT2D eigenvalue weighted by Gasteiger charge is -1.89. The van der Waals surface area contributed by atoms with E-state index in [9.17, 15) is 0 Å². The van der Waals surface area contributed by atoms with Crippen LogP contribution in [0.5, 0.6) is 0 Å². The molecule has 0 unspecified atom stereocenters. The summed E-state index contributed by atoms with van der Waals surface area (Å²) < 4.78 is 1.60. The molecule has 1 aromatic heterocycles. The summed E-state index contributed by atoms with van der Waals surface area (Å²) in [7, 11) is 0. The van der Waals surface area contributed by atoms with Crippen molar-refractivity contribution in [2.24, 2.45) is 0 Å². The number of imidazole rings is 1. The van der Waals surface area contributed by atoms with E-state index >= 15 is 0 Å². The van der Waals surface area contributed by atoms with Gasteiger partial charge in [-0.1, -0.05) is 12.1 Å². The smallest absolute Gasteiger partial charge is 0.224 e. The van der Waals surface area contributed by atoms with Gasteiger partial charge in [-0.25, -0.2) is 8.58 Å². The summed E-state index contributed by atoms with van der Waals surface area (Å²) in [5, 5.41) is 8.66. The Bertz CT molecular complexity index is 467. The highest BCUT2D eigenvalue weighted by Gasteiger charge is 2.05. The van der Waals surface area contributed by atoms with Gasteiger partial charge < -0.3 is 0 Å². The fourth-order valence-electron chi connectivity index (χ4n) is 1.07. The lowest BCUT2D eigenvalue weighted by molar-refractivity contribution is 1.21. The van der Waals surface area contributed by atoms with Crippen molar-refractivity contribution in [2.75, 3.05) is 0 Å². The quantitative estimate of drug-likeness (QED) is 0.684. The Labute approximate surface area is 77.6 Å². The number of hydrogen-bond donors (Lipinski definition) is 0. The molecule has 0 N–H and O–H groups in total. The van der Waals surface area contributed by atoms with Gasteiger partial charge in [0.25, 0.3) is 0 Å². The Morgan fingerprint density at radius 3 is 2.83 bits per heavy atom. The van der Waals surface area contributed by atoms with E-state index in [0.29, 0.717) is 5.82 Å². The Morgan fingerprint density at radius 2 is 2.17 bits per heavy atom. The molecule has 0 fully saturated rings. The van der Waals surface area contributed by atoms with Gasteiger partial charge in [0.1, 0.15) is 6.07 Å². The van der Waals surface area contributed by atoms with Crippen LogP contribution in [0.25, 0.3) is 11.0 Å². The fourth-order valence-corrected chi connectivity index (χ4v) is 1.52. The first-order valence-electron chi connectivity index (χ1n) is 3.36. The second-order valence-corrected chi connectivity index (χ2v) is 3.03. The highest BCUT2D eigenvalue weighted by molar-refractivity contribution is 9.08.